The summed E-state index contributed by atoms with van der Waals surface area (Å²) in [5.74, 6) is -1.09. The Morgan fingerprint density at radius 1 is 1.50 bits per heavy atom. The molecular weight excluding hydrogens is 183 g/mol. The molecule has 1 aliphatic carbocycles. The quantitative estimate of drug-likeness (QED) is 0.392. The van der Waals surface area contributed by atoms with Crippen molar-refractivity contribution in [3.05, 3.63) is 36.2 Å². The molecule has 14 heavy (non-hydrogen) atoms. The van der Waals surface area contributed by atoms with Gasteiger partial charge in [0.1, 0.15) is 5.83 Å². The molecule has 0 aromatic heterocycles. The molecule has 0 heterocycles. The topological polar surface area (TPSA) is 26.3 Å². The number of carbonyl (C=O) groups excluding carboxylic acids is 1. The van der Waals surface area contributed by atoms with E-state index in [-0.39, 0.29) is 5.57 Å². The number of methoxy groups -OCH3 is 1. The molecule has 0 N–H and O–H groups in total. The summed E-state index contributed by atoms with van der Waals surface area (Å²) in [5.41, 5.74) is 0.633. The maximum Gasteiger partial charge on any atom is 0.340 e. The van der Waals surface area contributed by atoms with Crippen LogP contribution in [-0.4, -0.2) is 13.1 Å². The minimum absolute atomic E-state index is 0.135. The largest absolute Gasteiger partial charge is 0.465 e. The zero-order chi connectivity index (χ0) is 10.7. The van der Waals surface area contributed by atoms with Crippen LogP contribution in [0.15, 0.2) is 36.2 Å². The van der Waals surface area contributed by atoms with Crippen LogP contribution in [0.2, 0.25) is 0 Å². The van der Waals surface area contributed by atoms with E-state index in [4.69, 9.17) is 0 Å². The number of ether oxygens (including phenoxy) is 1. The smallest absolute Gasteiger partial charge is 0.340 e. The van der Waals surface area contributed by atoms with Gasteiger partial charge >= 0.3 is 5.97 Å². The first-order chi connectivity index (χ1) is 6.56. The second-order valence-corrected chi connectivity index (χ2v) is 3.30. The lowest BCUT2D eigenvalue weighted by Crippen LogP contribution is -2.05. The highest BCUT2D eigenvalue weighted by Gasteiger charge is 2.25. The monoisotopic (exact) mass is 196 g/mol. The van der Waals surface area contributed by atoms with E-state index in [1.54, 1.807) is 0 Å². The number of hydrogen-bond donors (Lipinski definition) is 0. The highest BCUT2D eigenvalue weighted by molar-refractivity contribution is 5.93. The number of hydrogen-bond acceptors (Lipinski definition) is 2. The molecule has 0 saturated heterocycles. The van der Waals surface area contributed by atoms with E-state index < -0.39 is 11.8 Å². The van der Waals surface area contributed by atoms with Crippen molar-refractivity contribution in [2.75, 3.05) is 7.11 Å². The number of esters is 1. The van der Waals surface area contributed by atoms with Crippen molar-refractivity contribution in [3.63, 3.8) is 0 Å². The molecule has 1 saturated carbocycles. The van der Waals surface area contributed by atoms with Gasteiger partial charge in [-0.2, -0.15) is 0 Å². The molecule has 0 aromatic carbocycles. The molecule has 1 fully saturated rings. The Labute approximate surface area is 82.8 Å². The zero-order valence-electron chi connectivity index (χ0n) is 8.18. The number of halogens is 1. The van der Waals surface area contributed by atoms with Crippen LogP contribution in [-0.2, 0) is 9.53 Å². The molecule has 76 valence electrons. The molecule has 1 rings (SSSR count). The first-order valence-corrected chi connectivity index (χ1v) is 4.40. The van der Waals surface area contributed by atoms with Gasteiger partial charge in [-0.15, -0.1) is 0 Å². The number of carbonyl (C=O) groups is 1. The predicted octanol–water partition coefficient (Wildman–Crippen LogP) is 2.54. The van der Waals surface area contributed by atoms with Crippen LogP contribution in [0.5, 0.6) is 0 Å². The molecule has 0 atom stereocenters. The van der Waals surface area contributed by atoms with Gasteiger partial charge in [-0.1, -0.05) is 18.7 Å². The highest BCUT2D eigenvalue weighted by Crippen LogP contribution is 2.37. The van der Waals surface area contributed by atoms with Gasteiger partial charge in [0, 0.05) is 0 Å². The Balaban J connectivity index is 2.80. The molecule has 0 radical (unpaired) electrons. The fourth-order valence-corrected chi connectivity index (χ4v) is 1.12. The zero-order valence-corrected chi connectivity index (χ0v) is 8.18. The van der Waals surface area contributed by atoms with Crippen LogP contribution < -0.4 is 0 Å². The van der Waals surface area contributed by atoms with Gasteiger partial charge in [-0.05, 0) is 24.8 Å². The van der Waals surface area contributed by atoms with Crippen LogP contribution in [0.4, 0.5) is 4.39 Å². The van der Waals surface area contributed by atoms with Gasteiger partial charge in [-0.25, -0.2) is 9.18 Å². The third-order valence-corrected chi connectivity index (χ3v) is 2.13. The van der Waals surface area contributed by atoms with Crippen molar-refractivity contribution in [2.24, 2.45) is 5.92 Å². The molecule has 3 heteroatoms. The van der Waals surface area contributed by atoms with Crippen molar-refractivity contribution in [1.82, 2.24) is 0 Å². The van der Waals surface area contributed by atoms with Gasteiger partial charge in [0.2, 0.25) is 0 Å². The molecule has 0 aromatic rings. The summed E-state index contributed by atoms with van der Waals surface area (Å²) in [7, 11) is 1.21. The molecule has 1 aliphatic rings. The Morgan fingerprint density at radius 2 is 2.07 bits per heavy atom. The van der Waals surface area contributed by atoms with Crippen molar-refractivity contribution < 1.29 is 13.9 Å². The molecule has 0 bridgehead atoms. The number of allylic oxidation sites excluding steroid dienone is 2. The van der Waals surface area contributed by atoms with Crippen LogP contribution in [0.1, 0.15) is 12.8 Å². The Morgan fingerprint density at radius 3 is 2.43 bits per heavy atom. The van der Waals surface area contributed by atoms with Gasteiger partial charge < -0.3 is 4.74 Å². The van der Waals surface area contributed by atoms with E-state index in [9.17, 15) is 9.18 Å². The molecule has 0 amide bonds. The first kappa shape index (κ1) is 10.7. The van der Waals surface area contributed by atoms with Crippen LogP contribution in [0, 0.1) is 5.92 Å². The summed E-state index contributed by atoms with van der Waals surface area (Å²) < 4.78 is 17.3. The second-order valence-electron chi connectivity index (χ2n) is 3.30. The van der Waals surface area contributed by atoms with E-state index in [1.165, 1.54) is 13.2 Å². The van der Waals surface area contributed by atoms with E-state index in [1.807, 2.05) is 0 Å². The number of rotatable bonds is 4. The van der Waals surface area contributed by atoms with Crippen molar-refractivity contribution in [2.45, 2.75) is 12.8 Å². The summed E-state index contributed by atoms with van der Waals surface area (Å²) >= 11 is 0. The third-order valence-electron chi connectivity index (χ3n) is 2.13. The SMILES string of the molecule is C=C(F)/C(=C\C(=C)C1CC1)C(=O)OC. The van der Waals surface area contributed by atoms with Crippen LogP contribution in [0.25, 0.3) is 0 Å². The van der Waals surface area contributed by atoms with Crippen LogP contribution >= 0.6 is 0 Å². The van der Waals surface area contributed by atoms with Gasteiger partial charge in [0.15, 0.2) is 0 Å². The predicted molar refractivity (Wildman–Crippen MR) is 52.2 cm³/mol. The maximum atomic E-state index is 12.8. The Bertz CT molecular complexity index is 311. The summed E-state index contributed by atoms with van der Waals surface area (Å²) in [5, 5.41) is 0. The average molecular weight is 196 g/mol. The molecule has 2 nitrogen and oxygen atoms in total. The van der Waals surface area contributed by atoms with Crippen molar-refractivity contribution >= 4 is 5.97 Å². The minimum atomic E-state index is -0.779. The van der Waals surface area contributed by atoms with Crippen LogP contribution in [0.3, 0.4) is 0 Å². The normalized spacial score (nSPS) is 16.3. The van der Waals surface area contributed by atoms with E-state index in [0.717, 1.165) is 18.4 Å². The summed E-state index contributed by atoms with van der Waals surface area (Å²) in [4.78, 5) is 11.1. The van der Waals surface area contributed by atoms with Crippen molar-refractivity contribution in [1.29, 1.82) is 0 Å². The summed E-state index contributed by atoms with van der Waals surface area (Å²) in [6, 6.07) is 0. The molecule has 0 unspecified atom stereocenters. The average Bonchev–Trinajstić information content (AvgIpc) is 2.95. The minimum Gasteiger partial charge on any atom is -0.465 e. The summed E-state index contributed by atoms with van der Waals surface area (Å²) in [6.45, 7) is 6.84. The van der Waals surface area contributed by atoms with E-state index in [0.29, 0.717) is 5.92 Å². The fourth-order valence-electron chi connectivity index (χ4n) is 1.12. The van der Waals surface area contributed by atoms with Gasteiger partial charge in [0.25, 0.3) is 0 Å². The second kappa shape index (κ2) is 4.22. The standard InChI is InChI=1S/C11H13FO2/c1-7(9-4-5-9)6-10(8(2)12)11(13)14-3/h6,9H,1-2,4-5H2,3H3/b10-6+. The molecule has 0 aliphatic heterocycles. The fraction of sp³-hybridized carbons (Fsp3) is 0.364. The highest BCUT2D eigenvalue weighted by atomic mass is 19.1. The molecular formula is C11H13FO2. The lowest BCUT2D eigenvalue weighted by atomic mass is 10.1. The molecule has 0 spiro atoms. The lowest BCUT2D eigenvalue weighted by molar-refractivity contribution is -0.135. The van der Waals surface area contributed by atoms with Gasteiger partial charge in [0.05, 0.1) is 12.7 Å². The third kappa shape index (κ3) is 2.55. The Kier molecular flexibility index (Phi) is 3.23. The van der Waals surface area contributed by atoms with Crippen molar-refractivity contribution in [3.8, 4) is 0 Å². The van der Waals surface area contributed by atoms with E-state index in [2.05, 4.69) is 17.9 Å². The Hall–Kier alpha value is -1.38. The first-order valence-electron chi connectivity index (χ1n) is 4.40. The van der Waals surface area contributed by atoms with E-state index >= 15 is 0 Å². The maximum absolute atomic E-state index is 12.8. The lowest BCUT2D eigenvalue weighted by Gasteiger charge is -2.03. The summed E-state index contributed by atoms with van der Waals surface area (Å²) in [6.07, 6.45) is 3.54. The van der Waals surface area contributed by atoms with Gasteiger partial charge in [-0.3, -0.25) is 0 Å².